The molecule has 2 aliphatic heterocycles. The summed E-state index contributed by atoms with van der Waals surface area (Å²) in [6, 6.07) is 6.21. The maximum atomic E-state index is 6.02. The summed E-state index contributed by atoms with van der Waals surface area (Å²) in [6.07, 6.45) is 2.41. The van der Waals surface area contributed by atoms with Crippen LogP contribution in [0.5, 0.6) is 0 Å². The van der Waals surface area contributed by atoms with E-state index in [1.165, 1.54) is 24.1 Å². The topological polar surface area (TPSA) is 21.3 Å². The average Bonchev–Trinajstić information content (AvgIpc) is 2.81. The van der Waals surface area contributed by atoms with Crippen LogP contribution in [-0.2, 0) is 4.74 Å². The van der Waals surface area contributed by atoms with E-state index in [2.05, 4.69) is 11.4 Å². The van der Waals surface area contributed by atoms with Crippen LogP contribution in [0, 0.1) is 5.92 Å². The molecule has 1 aromatic carbocycles. The van der Waals surface area contributed by atoms with Gasteiger partial charge in [-0.15, -0.1) is 0 Å². The zero-order valence-electron chi connectivity index (χ0n) is 9.21. The van der Waals surface area contributed by atoms with Crippen molar-refractivity contribution in [3.8, 4) is 0 Å². The fourth-order valence-corrected chi connectivity index (χ4v) is 3.05. The van der Waals surface area contributed by atoms with Gasteiger partial charge in [0.1, 0.15) is 0 Å². The van der Waals surface area contributed by atoms with Gasteiger partial charge in [-0.1, -0.05) is 17.7 Å². The first-order valence-electron chi connectivity index (χ1n) is 5.95. The zero-order chi connectivity index (χ0) is 11.0. The van der Waals surface area contributed by atoms with E-state index in [0.29, 0.717) is 11.8 Å². The van der Waals surface area contributed by atoms with E-state index in [-0.39, 0.29) is 0 Å². The number of rotatable bonds is 1. The second kappa shape index (κ2) is 4.27. The molecule has 2 unspecified atom stereocenters. The van der Waals surface area contributed by atoms with Crippen LogP contribution in [0.15, 0.2) is 18.2 Å². The summed E-state index contributed by atoms with van der Waals surface area (Å²) >= 11 is 6.02. The third-order valence-electron chi connectivity index (χ3n) is 3.72. The number of fused-ring (bicyclic) bond motifs is 1. The Morgan fingerprint density at radius 2 is 2.25 bits per heavy atom. The predicted octanol–water partition coefficient (Wildman–Crippen LogP) is 3.28. The number of nitrogens with one attached hydrogen (secondary N) is 1. The van der Waals surface area contributed by atoms with E-state index in [9.17, 15) is 0 Å². The maximum absolute atomic E-state index is 6.02. The Bertz CT molecular complexity index is 388. The lowest BCUT2D eigenvalue weighted by Crippen LogP contribution is -2.23. The molecule has 16 heavy (non-hydrogen) atoms. The number of anilines is 1. The molecule has 1 N–H and O–H groups in total. The third kappa shape index (κ3) is 1.80. The summed E-state index contributed by atoms with van der Waals surface area (Å²) in [5.74, 6) is 1.35. The van der Waals surface area contributed by atoms with Gasteiger partial charge in [0.25, 0.3) is 0 Å². The van der Waals surface area contributed by atoms with Crippen molar-refractivity contribution in [2.24, 2.45) is 5.92 Å². The molecule has 3 rings (SSSR count). The third-order valence-corrected chi connectivity index (χ3v) is 3.95. The lowest BCUT2D eigenvalue weighted by molar-refractivity contribution is 0.179. The number of hydrogen-bond acceptors (Lipinski definition) is 2. The van der Waals surface area contributed by atoms with E-state index in [1.54, 1.807) is 0 Å². The van der Waals surface area contributed by atoms with Gasteiger partial charge in [-0.2, -0.15) is 0 Å². The highest BCUT2D eigenvalue weighted by Gasteiger charge is 2.30. The molecule has 2 nitrogen and oxygen atoms in total. The van der Waals surface area contributed by atoms with Crippen molar-refractivity contribution in [3.05, 3.63) is 28.8 Å². The smallest absolute Gasteiger partial charge is 0.0500 e. The van der Waals surface area contributed by atoms with Crippen LogP contribution in [0.25, 0.3) is 0 Å². The Kier molecular flexibility index (Phi) is 2.78. The van der Waals surface area contributed by atoms with Crippen molar-refractivity contribution < 1.29 is 4.74 Å². The first-order chi connectivity index (χ1) is 7.84. The Morgan fingerprint density at radius 3 is 3.06 bits per heavy atom. The van der Waals surface area contributed by atoms with Gasteiger partial charge < -0.3 is 10.1 Å². The molecular formula is C13H16ClNO. The van der Waals surface area contributed by atoms with E-state index < -0.39 is 0 Å². The number of hydrogen-bond donors (Lipinski definition) is 1. The monoisotopic (exact) mass is 237 g/mol. The standard InChI is InChI=1S/C13H16ClNO/c14-10-1-2-12-11(9-4-6-16-8-9)3-5-15-13(12)7-10/h1-2,7,9,11,15H,3-6,8H2. The first-order valence-corrected chi connectivity index (χ1v) is 6.33. The summed E-state index contributed by atoms with van der Waals surface area (Å²) in [6.45, 7) is 2.90. The average molecular weight is 238 g/mol. The fraction of sp³-hybridized carbons (Fsp3) is 0.538. The van der Waals surface area contributed by atoms with Crippen LogP contribution < -0.4 is 5.32 Å². The molecule has 1 saturated heterocycles. The summed E-state index contributed by atoms with van der Waals surface area (Å²) < 4.78 is 5.50. The molecule has 2 aliphatic rings. The van der Waals surface area contributed by atoms with E-state index in [4.69, 9.17) is 16.3 Å². The van der Waals surface area contributed by atoms with Gasteiger partial charge in [-0.3, -0.25) is 0 Å². The minimum Gasteiger partial charge on any atom is -0.385 e. The largest absolute Gasteiger partial charge is 0.385 e. The highest BCUT2D eigenvalue weighted by Crippen LogP contribution is 2.40. The zero-order valence-corrected chi connectivity index (χ0v) is 9.96. The lowest BCUT2D eigenvalue weighted by atomic mass is 9.80. The van der Waals surface area contributed by atoms with Crippen molar-refractivity contribution in [1.29, 1.82) is 0 Å². The fourth-order valence-electron chi connectivity index (χ4n) is 2.88. The molecule has 3 heteroatoms. The molecule has 0 spiro atoms. The quantitative estimate of drug-likeness (QED) is 0.810. The highest BCUT2D eigenvalue weighted by atomic mass is 35.5. The van der Waals surface area contributed by atoms with E-state index in [1.807, 2.05) is 12.1 Å². The maximum Gasteiger partial charge on any atom is 0.0500 e. The molecule has 2 heterocycles. The molecule has 0 radical (unpaired) electrons. The van der Waals surface area contributed by atoms with Crippen molar-refractivity contribution in [3.63, 3.8) is 0 Å². The van der Waals surface area contributed by atoms with Gasteiger partial charge in [0.15, 0.2) is 0 Å². The molecular weight excluding hydrogens is 222 g/mol. The molecule has 0 amide bonds. The molecule has 2 atom stereocenters. The lowest BCUT2D eigenvalue weighted by Gasteiger charge is -2.30. The normalized spacial score (nSPS) is 28.6. The second-order valence-electron chi connectivity index (χ2n) is 4.68. The summed E-state index contributed by atoms with van der Waals surface area (Å²) in [7, 11) is 0. The van der Waals surface area contributed by atoms with Crippen molar-refractivity contribution in [1.82, 2.24) is 0 Å². The van der Waals surface area contributed by atoms with Crippen LogP contribution in [0.4, 0.5) is 5.69 Å². The van der Waals surface area contributed by atoms with Gasteiger partial charge in [-0.25, -0.2) is 0 Å². The molecule has 1 aromatic rings. The van der Waals surface area contributed by atoms with Crippen molar-refractivity contribution in [2.45, 2.75) is 18.8 Å². The van der Waals surface area contributed by atoms with Crippen LogP contribution in [-0.4, -0.2) is 19.8 Å². The minimum atomic E-state index is 0.649. The van der Waals surface area contributed by atoms with Crippen LogP contribution in [0.2, 0.25) is 5.02 Å². The Morgan fingerprint density at radius 1 is 1.31 bits per heavy atom. The van der Waals surface area contributed by atoms with Crippen LogP contribution in [0.3, 0.4) is 0 Å². The Balaban J connectivity index is 1.93. The van der Waals surface area contributed by atoms with Gasteiger partial charge in [0, 0.05) is 23.9 Å². The number of ether oxygens (including phenoxy) is 1. The number of benzene rings is 1. The van der Waals surface area contributed by atoms with Gasteiger partial charge in [-0.05, 0) is 42.4 Å². The Hall–Kier alpha value is -0.730. The summed E-state index contributed by atoms with van der Waals surface area (Å²) in [5, 5.41) is 4.25. The van der Waals surface area contributed by atoms with Gasteiger partial charge in [0.05, 0.1) is 6.61 Å². The Labute approximate surface area is 101 Å². The summed E-state index contributed by atoms with van der Waals surface area (Å²) in [4.78, 5) is 0. The van der Waals surface area contributed by atoms with Gasteiger partial charge >= 0.3 is 0 Å². The predicted molar refractivity (Wildman–Crippen MR) is 66.2 cm³/mol. The SMILES string of the molecule is Clc1ccc2c(c1)NCCC2C1CCOC1. The minimum absolute atomic E-state index is 0.649. The van der Waals surface area contributed by atoms with Gasteiger partial charge in [0.2, 0.25) is 0 Å². The second-order valence-corrected chi connectivity index (χ2v) is 5.11. The molecule has 0 aromatic heterocycles. The molecule has 86 valence electrons. The molecule has 0 saturated carbocycles. The molecule has 1 fully saturated rings. The van der Waals surface area contributed by atoms with Crippen molar-refractivity contribution >= 4 is 17.3 Å². The van der Waals surface area contributed by atoms with E-state index in [0.717, 1.165) is 24.8 Å². The van der Waals surface area contributed by atoms with E-state index >= 15 is 0 Å². The highest BCUT2D eigenvalue weighted by molar-refractivity contribution is 6.30. The number of halogens is 1. The summed E-state index contributed by atoms with van der Waals surface area (Å²) in [5.41, 5.74) is 2.64. The molecule has 0 bridgehead atoms. The van der Waals surface area contributed by atoms with Crippen LogP contribution in [0.1, 0.15) is 24.3 Å². The van der Waals surface area contributed by atoms with Crippen LogP contribution >= 0.6 is 11.6 Å². The first kappa shape index (κ1) is 10.4. The van der Waals surface area contributed by atoms with Crippen molar-refractivity contribution in [2.75, 3.05) is 25.1 Å². The molecule has 0 aliphatic carbocycles.